The Hall–Kier alpha value is -2.01. The summed E-state index contributed by atoms with van der Waals surface area (Å²) in [5.74, 6) is 1.92. The van der Waals surface area contributed by atoms with Gasteiger partial charge in [0.1, 0.15) is 0 Å². The Morgan fingerprint density at radius 3 is 2.41 bits per heavy atom. The zero-order chi connectivity index (χ0) is 23.3. The van der Waals surface area contributed by atoms with E-state index < -0.39 is 10.0 Å². The maximum Gasteiger partial charge on any atom is 0.227 e. The van der Waals surface area contributed by atoms with E-state index in [9.17, 15) is 13.2 Å². The SMILES string of the molecule is CC1CCN(C(=O)CCc2nc(CN3CCN(S(=O)(=O)Cc4ccccc4)CC3)no2)CC1.Cl. The molecule has 2 aliphatic rings. The summed E-state index contributed by atoms with van der Waals surface area (Å²) in [6.45, 7) is 6.53. The van der Waals surface area contributed by atoms with E-state index in [0.29, 0.717) is 63.2 Å². The summed E-state index contributed by atoms with van der Waals surface area (Å²) in [5, 5.41) is 4.05. The van der Waals surface area contributed by atoms with E-state index in [4.69, 9.17) is 4.52 Å². The molecule has 2 aliphatic heterocycles. The summed E-state index contributed by atoms with van der Waals surface area (Å²) in [4.78, 5) is 20.9. The second kappa shape index (κ2) is 12.1. The standard InChI is InChI=1S/C23H33N5O4S.ClH/c1-19-9-11-27(12-10-19)23(29)8-7-22-24-21(25-32-22)17-26-13-15-28(16-14-26)33(30,31)18-20-5-3-2-4-6-20;/h2-6,19H,7-18H2,1H3;1H. The van der Waals surface area contributed by atoms with Crippen LogP contribution in [0.25, 0.3) is 0 Å². The van der Waals surface area contributed by atoms with Gasteiger partial charge in [-0.1, -0.05) is 42.4 Å². The molecule has 9 nitrogen and oxygen atoms in total. The van der Waals surface area contributed by atoms with Crippen LogP contribution in [0.15, 0.2) is 34.9 Å². The van der Waals surface area contributed by atoms with Gasteiger partial charge in [-0.15, -0.1) is 12.4 Å². The van der Waals surface area contributed by atoms with E-state index in [1.54, 1.807) is 4.31 Å². The van der Waals surface area contributed by atoms with Crippen LogP contribution in [0.4, 0.5) is 0 Å². The van der Waals surface area contributed by atoms with Crippen LogP contribution in [0.2, 0.25) is 0 Å². The van der Waals surface area contributed by atoms with E-state index in [1.807, 2.05) is 35.2 Å². The molecular weight excluding hydrogens is 478 g/mol. The van der Waals surface area contributed by atoms with Gasteiger partial charge in [-0.3, -0.25) is 9.69 Å². The molecule has 4 rings (SSSR count). The Kier molecular flexibility index (Phi) is 9.47. The average Bonchev–Trinajstić information content (AvgIpc) is 3.26. The molecule has 34 heavy (non-hydrogen) atoms. The van der Waals surface area contributed by atoms with Crippen molar-refractivity contribution >= 4 is 28.3 Å². The lowest BCUT2D eigenvalue weighted by atomic mass is 9.99. The zero-order valence-corrected chi connectivity index (χ0v) is 21.3. The minimum Gasteiger partial charge on any atom is -0.343 e. The molecule has 2 fully saturated rings. The molecule has 11 heteroatoms. The predicted octanol–water partition coefficient (Wildman–Crippen LogP) is 2.33. The molecule has 0 spiro atoms. The third-order valence-corrected chi connectivity index (χ3v) is 8.33. The average molecular weight is 512 g/mol. The second-order valence-electron chi connectivity index (χ2n) is 9.08. The highest BCUT2D eigenvalue weighted by Crippen LogP contribution is 2.18. The topological polar surface area (TPSA) is 99.9 Å². The summed E-state index contributed by atoms with van der Waals surface area (Å²) in [6, 6.07) is 9.26. The maximum absolute atomic E-state index is 12.7. The number of hydrogen-bond donors (Lipinski definition) is 0. The van der Waals surface area contributed by atoms with Gasteiger partial charge >= 0.3 is 0 Å². The molecule has 2 aromatic rings. The van der Waals surface area contributed by atoms with Gasteiger partial charge in [0.2, 0.25) is 21.8 Å². The smallest absolute Gasteiger partial charge is 0.227 e. The first kappa shape index (κ1) is 26.6. The molecule has 0 saturated carbocycles. The number of amides is 1. The molecule has 0 bridgehead atoms. The van der Waals surface area contributed by atoms with Gasteiger partial charge in [-0.25, -0.2) is 8.42 Å². The number of nitrogens with zero attached hydrogens (tertiary/aromatic N) is 5. The van der Waals surface area contributed by atoms with Crippen molar-refractivity contribution in [3.05, 3.63) is 47.6 Å². The van der Waals surface area contributed by atoms with Gasteiger partial charge in [0.25, 0.3) is 0 Å². The van der Waals surface area contributed by atoms with Gasteiger partial charge in [-0.2, -0.15) is 9.29 Å². The van der Waals surface area contributed by atoms with Crippen LogP contribution in [-0.2, 0) is 33.5 Å². The van der Waals surface area contributed by atoms with Crippen LogP contribution in [0.5, 0.6) is 0 Å². The van der Waals surface area contributed by atoms with Gasteiger partial charge in [-0.05, 0) is 24.3 Å². The van der Waals surface area contributed by atoms with Gasteiger partial charge < -0.3 is 9.42 Å². The lowest BCUT2D eigenvalue weighted by Crippen LogP contribution is -2.48. The van der Waals surface area contributed by atoms with Crippen molar-refractivity contribution in [2.75, 3.05) is 39.3 Å². The van der Waals surface area contributed by atoms with Crippen molar-refractivity contribution in [1.82, 2.24) is 24.2 Å². The minimum atomic E-state index is -3.34. The zero-order valence-electron chi connectivity index (χ0n) is 19.6. The van der Waals surface area contributed by atoms with E-state index in [-0.39, 0.29) is 24.1 Å². The van der Waals surface area contributed by atoms with E-state index in [1.165, 1.54) is 0 Å². The number of benzene rings is 1. The van der Waals surface area contributed by atoms with E-state index in [0.717, 1.165) is 31.5 Å². The lowest BCUT2D eigenvalue weighted by Gasteiger charge is -2.33. The predicted molar refractivity (Wildman–Crippen MR) is 131 cm³/mol. The molecule has 0 N–H and O–H groups in total. The fourth-order valence-electron chi connectivity index (χ4n) is 4.33. The minimum absolute atomic E-state index is 0. The van der Waals surface area contributed by atoms with Crippen molar-refractivity contribution < 1.29 is 17.7 Å². The van der Waals surface area contributed by atoms with E-state index in [2.05, 4.69) is 22.0 Å². The van der Waals surface area contributed by atoms with Crippen LogP contribution < -0.4 is 0 Å². The molecule has 0 aliphatic carbocycles. The number of hydrogen-bond acceptors (Lipinski definition) is 7. The highest BCUT2D eigenvalue weighted by Gasteiger charge is 2.28. The number of rotatable bonds is 8. The first-order valence-electron chi connectivity index (χ1n) is 11.7. The van der Waals surface area contributed by atoms with Gasteiger partial charge in [0, 0.05) is 52.1 Å². The van der Waals surface area contributed by atoms with Crippen LogP contribution >= 0.6 is 12.4 Å². The molecule has 2 saturated heterocycles. The van der Waals surface area contributed by atoms with Crippen molar-refractivity contribution in [2.24, 2.45) is 5.92 Å². The molecule has 0 atom stereocenters. The van der Waals surface area contributed by atoms with Crippen molar-refractivity contribution in [3.63, 3.8) is 0 Å². The van der Waals surface area contributed by atoms with Crippen molar-refractivity contribution in [2.45, 2.75) is 44.9 Å². The Labute approximate surface area is 207 Å². The molecule has 1 aromatic heterocycles. The summed E-state index contributed by atoms with van der Waals surface area (Å²) in [5.41, 5.74) is 0.799. The number of carbonyl (C=O) groups excluding carboxylic acids is 1. The fraction of sp³-hybridized carbons (Fsp3) is 0.609. The Bertz CT molecular complexity index is 1020. The number of aryl methyl sites for hydroxylation is 1. The maximum atomic E-state index is 12.7. The summed E-state index contributed by atoms with van der Waals surface area (Å²) in [6.07, 6.45) is 2.96. The molecular formula is C23H34ClN5O4S. The Balaban J connectivity index is 0.00000324. The number of likely N-dealkylation sites (tertiary alicyclic amines) is 1. The summed E-state index contributed by atoms with van der Waals surface area (Å²) < 4.78 is 32.3. The molecule has 0 radical (unpaired) electrons. The third kappa shape index (κ3) is 7.24. The van der Waals surface area contributed by atoms with Crippen molar-refractivity contribution in [1.29, 1.82) is 0 Å². The summed E-state index contributed by atoms with van der Waals surface area (Å²) in [7, 11) is -3.34. The molecule has 188 valence electrons. The largest absolute Gasteiger partial charge is 0.343 e. The molecule has 0 unspecified atom stereocenters. The number of sulfonamides is 1. The monoisotopic (exact) mass is 511 g/mol. The lowest BCUT2D eigenvalue weighted by molar-refractivity contribution is -0.132. The third-order valence-electron chi connectivity index (χ3n) is 6.48. The van der Waals surface area contributed by atoms with Crippen LogP contribution in [0.3, 0.4) is 0 Å². The highest BCUT2D eigenvalue weighted by molar-refractivity contribution is 7.88. The van der Waals surface area contributed by atoms with E-state index >= 15 is 0 Å². The number of aromatic nitrogens is 2. The quantitative estimate of drug-likeness (QED) is 0.536. The fourth-order valence-corrected chi connectivity index (χ4v) is 5.84. The van der Waals surface area contributed by atoms with Crippen molar-refractivity contribution in [3.8, 4) is 0 Å². The van der Waals surface area contributed by atoms with Gasteiger partial charge in [0.15, 0.2) is 5.82 Å². The summed E-state index contributed by atoms with van der Waals surface area (Å²) >= 11 is 0. The molecule has 3 heterocycles. The number of halogens is 1. The van der Waals surface area contributed by atoms with Gasteiger partial charge in [0.05, 0.1) is 12.3 Å². The highest BCUT2D eigenvalue weighted by atomic mass is 35.5. The Morgan fingerprint density at radius 2 is 1.74 bits per heavy atom. The molecule has 1 aromatic carbocycles. The second-order valence-corrected chi connectivity index (χ2v) is 11.1. The normalized spacial score (nSPS) is 18.6. The number of piperazine rings is 1. The Morgan fingerprint density at radius 1 is 1.06 bits per heavy atom. The number of carbonyl (C=O) groups is 1. The molecule has 1 amide bonds. The van der Waals surface area contributed by atoms with Crippen LogP contribution in [-0.4, -0.2) is 77.8 Å². The van der Waals surface area contributed by atoms with Crippen LogP contribution in [0.1, 0.15) is 43.5 Å². The first-order chi connectivity index (χ1) is 15.9. The van der Waals surface area contributed by atoms with Crippen LogP contribution in [0, 0.1) is 5.92 Å². The first-order valence-corrected chi connectivity index (χ1v) is 13.3. The number of piperidine rings is 1.